The van der Waals surface area contributed by atoms with Crippen LogP contribution in [0.4, 0.5) is 4.39 Å². The largest absolute Gasteiger partial charge is 0.458 e. The molecule has 0 radical (unpaired) electrons. The minimum absolute atomic E-state index is 0.0964. The van der Waals surface area contributed by atoms with Crippen molar-refractivity contribution in [3.05, 3.63) is 62.7 Å². The van der Waals surface area contributed by atoms with Gasteiger partial charge in [-0.25, -0.2) is 14.2 Å². The first-order chi connectivity index (χ1) is 13.9. The molecule has 0 saturated carbocycles. The second kappa shape index (κ2) is 5.97. The van der Waals surface area contributed by atoms with Crippen LogP contribution >= 0.6 is 0 Å². The summed E-state index contributed by atoms with van der Waals surface area (Å²) < 4.78 is 20.5. The highest BCUT2D eigenvalue weighted by atomic mass is 19.1. The fourth-order valence-corrected chi connectivity index (χ4v) is 4.54. The van der Waals surface area contributed by atoms with Gasteiger partial charge in [0.1, 0.15) is 12.4 Å². The maximum Gasteiger partial charge on any atom is 0.343 e. The second-order valence-electron chi connectivity index (χ2n) is 7.54. The van der Waals surface area contributed by atoms with Crippen LogP contribution in [0, 0.1) is 5.82 Å². The average Bonchev–Trinajstić information content (AvgIpc) is 3.08. The van der Waals surface area contributed by atoms with E-state index in [9.17, 15) is 19.1 Å². The Morgan fingerprint density at radius 3 is 2.76 bits per heavy atom. The SMILES string of the molecule is CCc1c2c(nc3ccc(F)cc13)-c1cc3c(c(=O)n1C2)COC(=O)C3(O)CC. The van der Waals surface area contributed by atoms with E-state index in [1.54, 1.807) is 23.6 Å². The smallest absolute Gasteiger partial charge is 0.343 e. The lowest BCUT2D eigenvalue weighted by atomic mass is 9.86. The molecule has 0 bridgehead atoms. The van der Waals surface area contributed by atoms with Gasteiger partial charge in [0.05, 0.1) is 29.0 Å². The molecule has 1 unspecified atom stereocenters. The van der Waals surface area contributed by atoms with Crippen molar-refractivity contribution in [1.82, 2.24) is 9.55 Å². The number of hydrogen-bond donors (Lipinski definition) is 1. The number of carbonyl (C=O) groups is 1. The first kappa shape index (κ1) is 18.0. The number of fused-ring (bicyclic) bond motifs is 5. The number of hydrogen-bond acceptors (Lipinski definition) is 5. The molecule has 2 aliphatic heterocycles. The summed E-state index contributed by atoms with van der Waals surface area (Å²) in [5.41, 5.74) is 2.10. The third kappa shape index (κ3) is 2.28. The monoisotopic (exact) mass is 394 g/mol. The van der Waals surface area contributed by atoms with Gasteiger partial charge in [-0.05, 0) is 42.7 Å². The molecule has 0 spiro atoms. The second-order valence-corrected chi connectivity index (χ2v) is 7.54. The molecule has 7 heteroatoms. The molecule has 5 rings (SSSR count). The van der Waals surface area contributed by atoms with E-state index in [0.717, 1.165) is 16.5 Å². The molecule has 0 saturated heterocycles. The first-order valence-electron chi connectivity index (χ1n) is 9.67. The van der Waals surface area contributed by atoms with Crippen LogP contribution in [0.15, 0.2) is 29.1 Å². The number of carbonyl (C=O) groups excluding carboxylic acids is 1. The summed E-state index contributed by atoms with van der Waals surface area (Å²) in [6, 6.07) is 6.15. The summed E-state index contributed by atoms with van der Waals surface area (Å²) in [5.74, 6) is -1.08. The number of aromatic nitrogens is 2. The number of pyridine rings is 2. The van der Waals surface area contributed by atoms with Crippen molar-refractivity contribution < 1.29 is 19.0 Å². The Hall–Kier alpha value is -3.06. The first-order valence-corrected chi connectivity index (χ1v) is 9.67. The highest BCUT2D eigenvalue weighted by Crippen LogP contribution is 2.40. The molecule has 3 aromatic rings. The number of ether oxygens (including phenoxy) is 1. The Labute approximate surface area is 165 Å². The summed E-state index contributed by atoms with van der Waals surface area (Å²) in [6.07, 6.45) is 0.757. The summed E-state index contributed by atoms with van der Waals surface area (Å²) in [6.45, 7) is 3.81. The predicted octanol–water partition coefficient (Wildman–Crippen LogP) is 2.78. The standard InChI is InChI=1S/C22H19FN2O4/c1-3-12-13-7-11(23)5-6-17(13)24-19-14(12)9-25-18(19)8-16-15(20(25)26)10-29-21(27)22(16,28)4-2/h5-8,28H,3-4,9-10H2,1-2H3. The Balaban J connectivity index is 1.84. The van der Waals surface area contributed by atoms with Crippen LogP contribution in [0.1, 0.15) is 42.5 Å². The van der Waals surface area contributed by atoms with Crippen LogP contribution in [0.25, 0.3) is 22.3 Å². The van der Waals surface area contributed by atoms with E-state index in [1.807, 2.05) is 6.92 Å². The van der Waals surface area contributed by atoms with Crippen LogP contribution in [0.2, 0.25) is 0 Å². The summed E-state index contributed by atoms with van der Waals surface area (Å²) in [7, 11) is 0. The number of esters is 1. The van der Waals surface area contributed by atoms with Gasteiger partial charge in [0.15, 0.2) is 5.60 Å². The number of rotatable bonds is 2. The fraction of sp³-hybridized carbons (Fsp3) is 0.318. The zero-order valence-electron chi connectivity index (χ0n) is 16.1. The van der Waals surface area contributed by atoms with Crippen molar-refractivity contribution in [2.75, 3.05) is 0 Å². The number of nitrogens with zero attached hydrogens (tertiary/aromatic N) is 2. The predicted molar refractivity (Wildman–Crippen MR) is 104 cm³/mol. The third-order valence-electron chi connectivity index (χ3n) is 6.12. The summed E-state index contributed by atoms with van der Waals surface area (Å²) in [4.78, 5) is 30.2. The van der Waals surface area contributed by atoms with Gasteiger partial charge in [-0.15, -0.1) is 0 Å². The number of aryl methyl sites for hydroxylation is 1. The number of benzene rings is 1. The van der Waals surface area contributed by atoms with Gasteiger partial charge in [-0.2, -0.15) is 0 Å². The number of halogens is 1. The molecule has 148 valence electrons. The van der Waals surface area contributed by atoms with Crippen molar-refractivity contribution in [3.8, 4) is 11.4 Å². The molecule has 1 N–H and O–H groups in total. The maximum absolute atomic E-state index is 13.8. The Morgan fingerprint density at radius 1 is 1.24 bits per heavy atom. The van der Waals surface area contributed by atoms with Crippen LogP contribution in [-0.2, 0) is 34.7 Å². The highest BCUT2D eigenvalue weighted by Gasteiger charge is 2.45. The van der Waals surface area contributed by atoms with Crippen molar-refractivity contribution in [1.29, 1.82) is 0 Å². The van der Waals surface area contributed by atoms with E-state index in [4.69, 9.17) is 9.72 Å². The molecule has 0 amide bonds. The van der Waals surface area contributed by atoms with E-state index in [1.165, 1.54) is 12.1 Å². The van der Waals surface area contributed by atoms with Gasteiger partial charge < -0.3 is 14.4 Å². The fourth-order valence-electron chi connectivity index (χ4n) is 4.54. The molecule has 29 heavy (non-hydrogen) atoms. The van der Waals surface area contributed by atoms with Crippen molar-refractivity contribution in [3.63, 3.8) is 0 Å². The summed E-state index contributed by atoms with van der Waals surface area (Å²) >= 11 is 0. The molecule has 0 aliphatic carbocycles. The summed E-state index contributed by atoms with van der Waals surface area (Å²) in [5, 5.41) is 11.7. The lowest BCUT2D eigenvalue weighted by Crippen LogP contribution is -2.44. The number of cyclic esters (lactones) is 1. The van der Waals surface area contributed by atoms with Crippen molar-refractivity contribution in [2.45, 2.75) is 45.4 Å². The third-order valence-corrected chi connectivity index (χ3v) is 6.12. The Kier molecular flexibility index (Phi) is 3.70. The van der Waals surface area contributed by atoms with Crippen molar-refractivity contribution >= 4 is 16.9 Å². The van der Waals surface area contributed by atoms with Gasteiger partial charge >= 0.3 is 5.97 Å². The van der Waals surface area contributed by atoms with E-state index in [2.05, 4.69) is 0 Å². The lowest BCUT2D eigenvalue weighted by molar-refractivity contribution is -0.172. The van der Waals surface area contributed by atoms with Gasteiger partial charge in [0, 0.05) is 16.5 Å². The zero-order chi connectivity index (χ0) is 20.5. The molecule has 1 atom stereocenters. The van der Waals surface area contributed by atoms with Gasteiger partial charge in [-0.3, -0.25) is 4.79 Å². The molecular weight excluding hydrogens is 375 g/mol. The molecule has 4 heterocycles. The Bertz CT molecular complexity index is 1280. The number of aliphatic hydroxyl groups is 1. The van der Waals surface area contributed by atoms with Gasteiger partial charge in [-0.1, -0.05) is 13.8 Å². The highest BCUT2D eigenvalue weighted by molar-refractivity contribution is 5.89. The minimum Gasteiger partial charge on any atom is -0.458 e. The molecule has 0 fully saturated rings. The molecular formula is C22H19FN2O4. The molecule has 2 aliphatic rings. The quantitative estimate of drug-likeness (QED) is 0.529. The lowest BCUT2D eigenvalue weighted by Gasteiger charge is -2.31. The van der Waals surface area contributed by atoms with E-state index in [-0.39, 0.29) is 24.4 Å². The van der Waals surface area contributed by atoms with Crippen LogP contribution in [0.5, 0.6) is 0 Å². The molecule has 6 nitrogen and oxygen atoms in total. The van der Waals surface area contributed by atoms with Crippen LogP contribution in [-0.4, -0.2) is 20.6 Å². The topological polar surface area (TPSA) is 81.4 Å². The van der Waals surface area contributed by atoms with Gasteiger partial charge in [0.2, 0.25) is 0 Å². The Morgan fingerprint density at radius 2 is 2.03 bits per heavy atom. The zero-order valence-corrected chi connectivity index (χ0v) is 16.1. The van der Waals surface area contributed by atoms with E-state index < -0.39 is 11.6 Å². The maximum atomic E-state index is 13.8. The normalized spacial score (nSPS) is 19.7. The minimum atomic E-state index is -1.85. The van der Waals surface area contributed by atoms with Crippen molar-refractivity contribution in [2.24, 2.45) is 0 Å². The average molecular weight is 394 g/mol. The molecule has 1 aromatic carbocycles. The molecule has 2 aromatic heterocycles. The van der Waals surface area contributed by atoms with Crippen LogP contribution in [0.3, 0.4) is 0 Å². The van der Waals surface area contributed by atoms with Crippen LogP contribution < -0.4 is 5.56 Å². The van der Waals surface area contributed by atoms with E-state index in [0.29, 0.717) is 41.0 Å². The van der Waals surface area contributed by atoms with E-state index >= 15 is 0 Å². The van der Waals surface area contributed by atoms with Gasteiger partial charge in [0.25, 0.3) is 5.56 Å².